The van der Waals surface area contributed by atoms with Gasteiger partial charge in [-0.05, 0) is 18.6 Å². The van der Waals surface area contributed by atoms with Crippen LogP contribution in [0, 0.1) is 0 Å². The summed E-state index contributed by atoms with van der Waals surface area (Å²) in [5.41, 5.74) is 0. The van der Waals surface area contributed by atoms with Gasteiger partial charge in [-0.1, -0.05) is 6.92 Å². The first-order valence-corrected chi connectivity index (χ1v) is 6.05. The molecule has 2 heterocycles. The molecule has 0 aliphatic carbocycles. The molecule has 0 unspecified atom stereocenters. The third-order valence-electron chi connectivity index (χ3n) is 2.45. The Morgan fingerprint density at radius 3 is 3.05 bits per heavy atom. The SMILES string of the molecule is CCCc1nn(CC(=O)NCc2ccco2)c(=O)o1. The van der Waals surface area contributed by atoms with Crippen molar-refractivity contribution < 1.29 is 13.6 Å². The summed E-state index contributed by atoms with van der Waals surface area (Å²) in [6.07, 6.45) is 2.93. The Balaban J connectivity index is 1.89. The van der Waals surface area contributed by atoms with Crippen molar-refractivity contribution in [3.05, 3.63) is 40.6 Å². The molecule has 19 heavy (non-hydrogen) atoms. The van der Waals surface area contributed by atoms with E-state index in [-0.39, 0.29) is 19.0 Å². The van der Waals surface area contributed by atoms with Gasteiger partial charge in [0.2, 0.25) is 11.8 Å². The van der Waals surface area contributed by atoms with Gasteiger partial charge in [0, 0.05) is 6.42 Å². The monoisotopic (exact) mass is 265 g/mol. The van der Waals surface area contributed by atoms with Gasteiger partial charge in [-0.2, -0.15) is 4.68 Å². The highest BCUT2D eigenvalue weighted by Crippen LogP contribution is 1.99. The van der Waals surface area contributed by atoms with E-state index in [1.54, 1.807) is 12.1 Å². The van der Waals surface area contributed by atoms with Crippen molar-refractivity contribution in [1.82, 2.24) is 15.1 Å². The van der Waals surface area contributed by atoms with Gasteiger partial charge in [-0.15, -0.1) is 5.10 Å². The summed E-state index contributed by atoms with van der Waals surface area (Å²) >= 11 is 0. The van der Waals surface area contributed by atoms with Crippen molar-refractivity contribution in [2.45, 2.75) is 32.9 Å². The Labute approximate surface area is 109 Å². The number of furan rings is 1. The number of rotatable bonds is 6. The average Bonchev–Trinajstić information content (AvgIpc) is 2.98. The quantitative estimate of drug-likeness (QED) is 0.830. The Morgan fingerprint density at radius 2 is 2.37 bits per heavy atom. The molecule has 0 spiro atoms. The second kappa shape index (κ2) is 6.03. The molecule has 0 fully saturated rings. The van der Waals surface area contributed by atoms with Crippen LogP contribution >= 0.6 is 0 Å². The maximum atomic E-state index is 11.6. The Hall–Kier alpha value is -2.31. The lowest BCUT2D eigenvalue weighted by atomic mass is 10.3. The van der Waals surface area contributed by atoms with Crippen molar-refractivity contribution in [3.63, 3.8) is 0 Å². The van der Waals surface area contributed by atoms with Gasteiger partial charge in [-0.3, -0.25) is 4.79 Å². The van der Waals surface area contributed by atoms with Crippen LogP contribution in [0.5, 0.6) is 0 Å². The second-order valence-corrected chi connectivity index (χ2v) is 4.03. The maximum absolute atomic E-state index is 11.6. The average molecular weight is 265 g/mol. The number of amides is 1. The number of carbonyl (C=O) groups excluding carboxylic acids is 1. The molecule has 0 saturated carbocycles. The zero-order valence-corrected chi connectivity index (χ0v) is 10.6. The topological polar surface area (TPSA) is 90.3 Å². The summed E-state index contributed by atoms with van der Waals surface area (Å²) in [6.45, 7) is 2.07. The second-order valence-electron chi connectivity index (χ2n) is 4.03. The summed E-state index contributed by atoms with van der Waals surface area (Å²) in [5.74, 6) is 0.0605. The Morgan fingerprint density at radius 1 is 1.53 bits per heavy atom. The van der Waals surface area contributed by atoms with Crippen LogP contribution in [-0.2, 0) is 24.3 Å². The van der Waals surface area contributed by atoms with Gasteiger partial charge in [0.15, 0.2) is 0 Å². The third-order valence-corrected chi connectivity index (χ3v) is 2.45. The normalized spacial score (nSPS) is 10.6. The lowest BCUT2D eigenvalue weighted by Gasteiger charge is -2.01. The number of hydrogen-bond acceptors (Lipinski definition) is 5. The van der Waals surface area contributed by atoms with E-state index in [1.165, 1.54) is 6.26 Å². The highest BCUT2D eigenvalue weighted by Gasteiger charge is 2.11. The molecule has 2 aromatic rings. The van der Waals surface area contributed by atoms with Crippen molar-refractivity contribution in [2.75, 3.05) is 0 Å². The summed E-state index contributed by atoms with van der Waals surface area (Å²) in [5, 5.41) is 6.57. The molecule has 7 nitrogen and oxygen atoms in total. The third kappa shape index (κ3) is 3.57. The van der Waals surface area contributed by atoms with E-state index in [1.807, 2.05) is 6.92 Å². The standard InChI is InChI=1S/C12H15N3O4/c1-2-4-11-14-15(12(17)19-11)8-10(16)13-7-9-5-3-6-18-9/h3,5-6H,2,4,7-8H2,1H3,(H,13,16). The summed E-state index contributed by atoms with van der Waals surface area (Å²) < 4.78 is 11.0. The number of aryl methyl sites for hydroxylation is 1. The molecule has 0 radical (unpaired) electrons. The van der Waals surface area contributed by atoms with Crippen LogP contribution in [0.3, 0.4) is 0 Å². The molecular formula is C12H15N3O4. The highest BCUT2D eigenvalue weighted by molar-refractivity contribution is 5.75. The van der Waals surface area contributed by atoms with Crippen molar-refractivity contribution >= 4 is 5.91 Å². The van der Waals surface area contributed by atoms with Crippen LogP contribution in [0.1, 0.15) is 25.0 Å². The highest BCUT2D eigenvalue weighted by atomic mass is 16.4. The first kappa shape index (κ1) is 13.1. The first-order valence-electron chi connectivity index (χ1n) is 6.05. The number of carbonyl (C=O) groups is 1. The molecule has 2 aromatic heterocycles. The Kier molecular flexibility index (Phi) is 4.17. The van der Waals surface area contributed by atoms with Crippen LogP contribution in [0.15, 0.2) is 32.0 Å². The smallest absolute Gasteiger partial charge is 0.437 e. The molecule has 1 amide bonds. The lowest BCUT2D eigenvalue weighted by molar-refractivity contribution is -0.122. The van der Waals surface area contributed by atoms with E-state index in [4.69, 9.17) is 8.83 Å². The molecule has 0 aliphatic heterocycles. The van der Waals surface area contributed by atoms with E-state index >= 15 is 0 Å². The van der Waals surface area contributed by atoms with Crippen molar-refractivity contribution in [1.29, 1.82) is 0 Å². The van der Waals surface area contributed by atoms with Gasteiger partial charge < -0.3 is 14.2 Å². The molecule has 0 saturated heterocycles. The van der Waals surface area contributed by atoms with E-state index in [9.17, 15) is 9.59 Å². The summed E-state index contributed by atoms with van der Waals surface area (Å²) in [4.78, 5) is 23.1. The van der Waals surface area contributed by atoms with E-state index in [2.05, 4.69) is 10.4 Å². The van der Waals surface area contributed by atoms with E-state index in [0.29, 0.717) is 18.1 Å². The van der Waals surface area contributed by atoms with Gasteiger partial charge >= 0.3 is 5.76 Å². The van der Waals surface area contributed by atoms with Crippen molar-refractivity contribution in [2.24, 2.45) is 0 Å². The van der Waals surface area contributed by atoms with Gasteiger partial charge in [0.25, 0.3) is 0 Å². The van der Waals surface area contributed by atoms with Gasteiger partial charge in [0.05, 0.1) is 12.8 Å². The predicted molar refractivity (Wildman–Crippen MR) is 65.3 cm³/mol. The number of nitrogens with one attached hydrogen (secondary N) is 1. The number of aromatic nitrogens is 2. The molecule has 0 bridgehead atoms. The zero-order chi connectivity index (χ0) is 13.7. The predicted octanol–water partition coefficient (Wildman–Crippen LogP) is 0.698. The summed E-state index contributed by atoms with van der Waals surface area (Å²) in [6, 6.07) is 3.49. The molecule has 102 valence electrons. The Bertz CT molecular complexity index is 582. The number of hydrogen-bond donors (Lipinski definition) is 1. The fourth-order valence-electron chi connectivity index (χ4n) is 1.55. The molecule has 0 aromatic carbocycles. The van der Waals surface area contributed by atoms with Crippen molar-refractivity contribution in [3.8, 4) is 0 Å². The fourth-order valence-corrected chi connectivity index (χ4v) is 1.55. The number of nitrogens with zero attached hydrogens (tertiary/aromatic N) is 2. The van der Waals surface area contributed by atoms with Crippen LogP contribution in [0.2, 0.25) is 0 Å². The zero-order valence-electron chi connectivity index (χ0n) is 10.6. The molecule has 0 aliphatic rings. The van der Waals surface area contributed by atoms with Gasteiger partial charge in [-0.25, -0.2) is 4.79 Å². The molecular weight excluding hydrogens is 250 g/mol. The molecule has 7 heteroatoms. The van der Waals surface area contributed by atoms with Crippen LogP contribution in [0.25, 0.3) is 0 Å². The summed E-state index contributed by atoms with van der Waals surface area (Å²) in [7, 11) is 0. The lowest BCUT2D eigenvalue weighted by Crippen LogP contribution is -2.31. The fraction of sp³-hybridized carbons (Fsp3) is 0.417. The van der Waals surface area contributed by atoms with Crippen LogP contribution in [0.4, 0.5) is 0 Å². The van der Waals surface area contributed by atoms with Crippen LogP contribution in [-0.4, -0.2) is 15.7 Å². The molecule has 2 rings (SSSR count). The largest absolute Gasteiger partial charge is 0.467 e. The minimum Gasteiger partial charge on any atom is -0.467 e. The molecule has 0 atom stereocenters. The maximum Gasteiger partial charge on any atom is 0.437 e. The van der Waals surface area contributed by atoms with E-state index in [0.717, 1.165) is 11.1 Å². The minimum atomic E-state index is -0.614. The minimum absolute atomic E-state index is 0.160. The molecule has 1 N–H and O–H groups in total. The van der Waals surface area contributed by atoms with Crippen LogP contribution < -0.4 is 11.1 Å². The van der Waals surface area contributed by atoms with E-state index < -0.39 is 5.76 Å². The first-order chi connectivity index (χ1) is 9.19. The van der Waals surface area contributed by atoms with Gasteiger partial charge in [0.1, 0.15) is 12.3 Å².